The molecule has 2 saturated heterocycles. The van der Waals surface area contributed by atoms with E-state index in [0.29, 0.717) is 22.3 Å². The number of aromatic hydroxyl groups is 1. The number of nitrogens with zero attached hydrogens (tertiary/aromatic N) is 2. The number of anilines is 1. The number of cyclic esters (lactones) is 1. The van der Waals surface area contributed by atoms with Crippen LogP contribution >= 0.6 is 0 Å². The molecule has 0 radical (unpaired) electrons. The minimum Gasteiger partial charge on any atom is -0.508 e. The van der Waals surface area contributed by atoms with Crippen LogP contribution in [0.3, 0.4) is 0 Å². The standard InChI is InChI=1S/C50H44N4O7/c1-31(32-16-6-2-7-17-32)52-49(60)53-39-25-15-14-24-38(39)50(48(53)59)41(46(57)51-30-40(56)33-18-8-3-9-19-33)43-47(58)61-44(35-22-12-5-13-23-35)42(34-20-10-4-11-21-34)54(43)45(50)36-26-28-37(55)29-27-36/h2-29,31,40-45,55-56H,30H2,1H3,(H,51,57)(H,52,60)/t31-,40+,41+,42+,43+,44-,45-,50+/m1/s1. The van der Waals surface area contributed by atoms with E-state index in [2.05, 4.69) is 10.6 Å². The van der Waals surface area contributed by atoms with Crippen molar-refractivity contribution in [1.82, 2.24) is 15.5 Å². The number of carbonyl (C=O) groups is 4. The molecule has 0 aromatic heterocycles. The summed E-state index contributed by atoms with van der Waals surface area (Å²) in [5.41, 5.74) is 2.07. The Morgan fingerprint density at radius 1 is 0.689 bits per heavy atom. The van der Waals surface area contributed by atoms with Crippen LogP contribution in [0.25, 0.3) is 0 Å². The summed E-state index contributed by atoms with van der Waals surface area (Å²) in [7, 11) is 0. The van der Waals surface area contributed by atoms with Crippen molar-refractivity contribution in [1.29, 1.82) is 0 Å². The highest BCUT2D eigenvalue weighted by Gasteiger charge is 2.75. The van der Waals surface area contributed by atoms with Crippen molar-refractivity contribution in [2.45, 2.75) is 48.7 Å². The lowest BCUT2D eigenvalue weighted by atomic mass is 9.65. The van der Waals surface area contributed by atoms with E-state index in [1.54, 1.807) is 60.7 Å². The van der Waals surface area contributed by atoms with E-state index in [9.17, 15) is 15.0 Å². The molecule has 3 heterocycles. The topological polar surface area (TPSA) is 149 Å². The maximum atomic E-state index is 16.1. The Morgan fingerprint density at radius 3 is 1.89 bits per heavy atom. The third kappa shape index (κ3) is 6.72. The number of urea groups is 1. The fraction of sp³-hybridized carbons (Fsp3) is 0.200. The number of para-hydroxylation sites is 1. The van der Waals surface area contributed by atoms with Gasteiger partial charge in [-0.1, -0.05) is 152 Å². The smallest absolute Gasteiger partial charge is 0.329 e. The summed E-state index contributed by atoms with van der Waals surface area (Å²) in [5, 5.41) is 27.8. The highest BCUT2D eigenvalue weighted by Crippen LogP contribution is 2.65. The molecular formula is C50H44N4O7. The van der Waals surface area contributed by atoms with Gasteiger partial charge in [0, 0.05) is 6.54 Å². The Bertz CT molecular complexity index is 2560. The number of imide groups is 1. The number of phenolic OH excluding ortho intramolecular Hbond substituents is 1. The Balaban J connectivity index is 1.27. The minimum atomic E-state index is -1.94. The molecule has 11 nitrogen and oxygen atoms in total. The van der Waals surface area contributed by atoms with Gasteiger partial charge < -0.3 is 25.6 Å². The first kappa shape index (κ1) is 39.4. The van der Waals surface area contributed by atoms with Crippen molar-refractivity contribution >= 4 is 29.5 Å². The second-order valence-corrected chi connectivity index (χ2v) is 15.8. The van der Waals surface area contributed by atoms with Crippen LogP contribution in [0.1, 0.15) is 70.6 Å². The lowest BCUT2D eigenvalue weighted by Gasteiger charge is -2.46. The molecule has 306 valence electrons. The molecule has 0 bridgehead atoms. The summed E-state index contributed by atoms with van der Waals surface area (Å²) < 4.78 is 6.48. The second kappa shape index (κ2) is 16.2. The number of amides is 4. The normalized spacial score (nSPS) is 24.0. The zero-order valence-corrected chi connectivity index (χ0v) is 33.2. The fourth-order valence-corrected chi connectivity index (χ4v) is 9.70. The minimum absolute atomic E-state index is 0.0228. The molecule has 4 amide bonds. The van der Waals surface area contributed by atoms with Gasteiger partial charge >= 0.3 is 12.0 Å². The maximum Gasteiger partial charge on any atom is 0.329 e. The number of fused-ring (bicyclic) bond motifs is 3. The average Bonchev–Trinajstić information content (AvgIpc) is 3.76. The number of ether oxygens (including phenoxy) is 1. The number of esters is 1. The van der Waals surface area contributed by atoms with Gasteiger partial charge in [0.05, 0.1) is 35.8 Å². The predicted octanol–water partition coefficient (Wildman–Crippen LogP) is 7.38. The number of morpholine rings is 1. The Morgan fingerprint density at radius 2 is 1.25 bits per heavy atom. The Hall–Kier alpha value is -7.08. The van der Waals surface area contributed by atoms with Crippen LogP contribution in [0, 0.1) is 5.92 Å². The molecule has 3 aliphatic heterocycles. The van der Waals surface area contributed by atoms with Crippen LogP contribution in [-0.2, 0) is 24.5 Å². The van der Waals surface area contributed by atoms with Crippen LogP contribution in [-0.4, -0.2) is 51.5 Å². The number of aliphatic hydroxyl groups excluding tert-OH is 1. The van der Waals surface area contributed by atoms with Gasteiger partial charge in [0.1, 0.15) is 23.3 Å². The molecule has 0 unspecified atom stereocenters. The van der Waals surface area contributed by atoms with Gasteiger partial charge in [-0.2, -0.15) is 0 Å². The van der Waals surface area contributed by atoms with Crippen LogP contribution < -0.4 is 15.5 Å². The first-order valence-corrected chi connectivity index (χ1v) is 20.4. The summed E-state index contributed by atoms with van der Waals surface area (Å²) in [5.74, 6) is -3.64. The summed E-state index contributed by atoms with van der Waals surface area (Å²) in [6.07, 6.45) is -2.00. The first-order chi connectivity index (χ1) is 29.7. The monoisotopic (exact) mass is 812 g/mol. The van der Waals surface area contributed by atoms with Gasteiger partial charge in [-0.05, 0) is 58.5 Å². The molecular weight excluding hydrogens is 769 g/mol. The van der Waals surface area contributed by atoms with E-state index in [0.717, 1.165) is 16.0 Å². The number of phenols is 1. The molecule has 11 heteroatoms. The van der Waals surface area contributed by atoms with Gasteiger partial charge in [-0.25, -0.2) is 9.69 Å². The molecule has 9 rings (SSSR count). The van der Waals surface area contributed by atoms with E-state index in [1.807, 2.05) is 109 Å². The number of hydrogen-bond donors (Lipinski definition) is 4. The quantitative estimate of drug-likeness (QED) is 0.111. The Kier molecular flexibility index (Phi) is 10.4. The molecule has 8 atom stereocenters. The molecule has 4 N–H and O–H groups in total. The lowest BCUT2D eigenvalue weighted by molar-refractivity contribution is -0.178. The Labute approximate surface area is 353 Å². The van der Waals surface area contributed by atoms with Gasteiger partial charge in [0.2, 0.25) is 11.8 Å². The summed E-state index contributed by atoms with van der Waals surface area (Å²) in [6.45, 7) is 1.59. The number of aliphatic hydroxyl groups is 1. The third-order valence-corrected chi connectivity index (χ3v) is 12.4. The van der Waals surface area contributed by atoms with Crippen LogP contribution in [0.15, 0.2) is 170 Å². The highest BCUT2D eigenvalue weighted by atomic mass is 16.6. The van der Waals surface area contributed by atoms with Crippen molar-refractivity contribution in [2.24, 2.45) is 5.92 Å². The lowest BCUT2D eigenvalue weighted by Crippen LogP contribution is -2.56. The van der Waals surface area contributed by atoms with E-state index in [-0.39, 0.29) is 18.0 Å². The fourth-order valence-electron chi connectivity index (χ4n) is 9.70. The SMILES string of the molecule is C[C@@H](NC(=O)N1C(=O)[C@@]2(c3ccccc31)[C@H](C(=O)NC[C@H](O)c1ccccc1)[C@H]1C(=O)O[C@H](c3ccccc3)[C@H](c3ccccc3)N1[C@@H]2c1ccc(O)cc1)c1ccccc1. The van der Waals surface area contributed by atoms with Gasteiger partial charge in [0.15, 0.2) is 0 Å². The molecule has 1 spiro atoms. The molecule has 61 heavy (non-hydrogen) atoms. The first-order valence-electron chi connectivity index (χ1n) is 20.4. The van der Waals surface area contributed by atoms with Crippen molar-refractivity contribution in [3.63, 3.8) is 0 Å². The zero-order chi connectivity index (χ0) is 42.3. The number of benzene rings is 6. The van der Waals surface area contributed by atoms with Crippen LogP contribution in [0.5, 0.6) is 5.75 Å². The zero-order valence-electron chi connectivity index (χ0n) is 33.2. The van der Waals surface area contributed by atoms with Crippen molar-refractivity contribution in [2.75, 3.05) is 11.4 Å². The van der Waals surface area contributed by atoms with Crippen molar-refractivity contribution < 1.29 is 34.1 Å². The molecule has 0 aliphatic carbocycles. The molecule has 2 fully saturated rings. The van der Waals surface area contributed by atoms with Gasteiger partial charge in [-0.3, -0.25) is 19.3 Å². The van der Waals surface area contributed by atoms with Gasteiger partial charge in [-0.15, -0.1) is 0 Å². The second-order valence-electron chi connectivity index (χ2n) is 15.8. The molecule has 6 aromatic rings. The van der Waals surface area contributed by atoms with E-state index >= 15 is 14.4 Å². The van der Waals surface area contributed by atoms with Crippen LogP contribution in [0.4, 0.5) is 10.5 Å². The maximum absolute atomic E-state index is 16.1. The number of nitrogens with one attached hydrogen (secondary N) is 2. The van der Waals surface area contributed by atoms with Gasteiger partial charge in [0.25, 0.3) is 0 Å². The highest BCUT2D eigenvalue weighted by molar-refractivity contribution is 6.24. The third-order valence-electron chi connectivity index (χ3n) is 12.4. The summed E-state index contributed by atoms with van der Waals surface area (Å²) >= 11 is 0. The number of carbonyl (C=O) groups excluding carboxylic acids is 4. The molecule has 0 saturated carbocycles. The van der Waals surface area contributed by atoms with E-state index < -0.39 is 71.5 Å². The van der Waals surface area contributed by atoms with Crippen molar-refractivity contribution in [3.8, 4) is 5.75 Å². The molecule has 6 aromatic carbocycles. The van der Waals surface area contributed by atoms with Crippen molar-refractivity contribution in [3.05, 3.63) is 203 Å². The summed E-state index contributed by atoms with van der Waals surface area (Å²) in [6, 6.07) is 45.9. The number of hydrogen-bond acceptors (Lipinski definition) is 8. The van der Waals surface area contributed by atoms with E-state index in [1.165, 1.54) is 12.1 Å². The van der Waals surface area contributed by atoms with Crippen LogP contribution in [0.2, 0.25) is 0 Å². The summed E-state index contributed by atoms with van der Waals surface area (Å²) in [4.78, 5) is 64.3. The number of rotatable bonds is 9. The van der Waals surface area contributed by atoms with E-state index in [4.69, 9.17) is 4.74 Å². The largest absolute Gasteiger partial charge is 0.508 e. The molecule has 3 aliphatic rings. The average molecular weight is 813 g/mol. The predicted molar refractivity (Wildman–Crippen MR) is 228 cm³/mol.